The number of aliphatic hydroxyl groups is 3. The van der Waals surface area contributed by atoms with Crippen LogP contribution in [0.2, 0.25) is 0 Å². The molecule has 6 atom stereocenters. The molecule has 1 aliphatic rings. The molecule has 318 valence electrons. The van der Waals surface area contributed by atoms with Crippen LogP contribution in [0.4, 0.5) is 0 Å². The first-order valence-electron chi connectivity index (χ1n) is 21.1. The number of unbranched alkanes of at least 4 members (excludes halogenated alkanes) is 19. The molecule has 12 nitrogen and oxygen atoms in total. The van der Waals surface area contributed by atoms with Gasteiger partial charge in [0.2, 0.25) is 0 Å². The van der Waals surface area contributed by atoms with Gasteiger partial charge in [-0.25, -0.2) is 4.18 Å². The van der Waals surface area contributed by atoms with Crippen molar-refractivity contribution < 1.29 is 56.2 Å². The summed E-state index contributed by atoms with van der Waals surface area (Å²) in [7, 11) is -5.06. The predicted molar refractivity (Wildman–Crippen MR) is 211 cm³/mol. The Labute approximate surface area is 327 Å². The molecule has 0 bridgehead atoms. The third-order valence-electron chi connectivity index (χ3n) is 9.55. The smallest absolute Gasteiger partial charge is 0.397 e. The minimum absolute atomic E-state index is 0.0301. The molecular weight excluding hydrogens is 717 g/mol. The fraction of sp³-hybridized carbons (Fsp3) is 0.878. The summed E-state index contributed by atoms with van der Waals surface area (Å²) in [5, 5.41) is 30.6. The van der Waals surface area contributed by atoms with Crippen molar-refractivity contribution in [3.8, 4) is 0 Å². The van der Waals surface area contributed by atoms with E-state index in [1.165, 1.54) is 70.6 Å². The number of ether oxygens (including phenoxy) is 4. The number of esters is 1. The molecule has 0 amide bonds. The summed E-state index contributed by atoms with van der Waals surface area (Å²) in [5.74, 6) is -0.411. The van der Waals surface area contributed by atoms with E-state index in [9.17, 15) is 28.5 Å². The van der Waals surface area contributed by atoms with Crippen molar-refractivity contribution >= 4 is 16.4 Å². The Morgan fingerprint density at radius 1 is 0.685 bits per heavy atom. The van der Waals surface area contributed by atoms with E-state index in [1.54, 1.807) is 0 Å². The van der Waals surface area contributed by atoms with E-state index in [0.717, 1.165) is 70.6 Å². The molecule has 0 aromatic rings. The largest absolute Gasteiger partial charge is 0.457 e. The van der Waals surface area contributed by atoms with E-state index >= 15 is 0 Å². The van der Waals surface area contributed by atoms with Crippen molar-refractivity contribution in [2.45, 2.75) is 205 Å². The fourth-order valence-electron chi connectivity index (χ4n) is 6.29. The summed E-state index contributed by atoms with van der Waals surface area (Å²) in [6.07, 6.45) is 26.4. The molecule has 0 aliphatic carbocycles. The van der Waals surface area contributed by atoms with Gasteiger partial charge in [-0.2, -0.15) is 8.42 Å². The van der Waals surface area contributed by atoms with Gasteiger partial charge in [-0.1, -0.05) is 128 Å². The van der Waals surface area contributed by atoms with Crippen molar-refractivity contribution in [1.82, 2.24) is 0 Å². The predicted octanol–water partition coefficient (Wildman–Crippen LogP) is 8.07. The van der Waals surface area contributed by atoms with Gasteiger partial charge in [0.05, 0.1) is 19.8 Å². The number of aliphatic hydroxyl groups excluding tert-OH is 3. The molecule has 6 unspecified atom stereocenters. The number of rotatable bonds is 36. The Kier molecular flexibility index (Phi) is 31.6. The molecule has 1 fully saturated rings. The molecule has 54 heavy (non-hydrogen) atoms. The molecule has 1 heterocycles. The molecule has 0 aromatic heterocycles. The second kappa shape index (κ2) is 33.7. The fourth-order valence-corrected chi connectivity index (χ4v) is 6.80. The minimum Gasteiger partial charge on any atom is -0.457 e. The molecule has 13 heteroatoms. The summed E-state index contributed by atoms with van der Waals surface area (Å²) >= 11 is 0. The van der Waals surface area contributed by atoms with E-state index in [-0.39, 0.29) is 19.6 Å². The van der Waals surface area contributed by atoms with E-state index in [4.69, 9.17) is 23.5 Å². The Balaban J connectivity index is 2.48. The van der Waals surface area contributed by atoms with Crippen molar-refractivity contribution in [1.29, 1.82) is 0 Å². The summed E-state index contributed by atoms with van der Waals surface area (Å²) < 4.78 is 58.9. The molecule has 4 N–H and O–H groups in total. The van der Waals surface area contributed by atoms with Gasteiger partial charge in [-0.05, 0) is 57.8 Å². The molecule has 1 saturated heterocycles. The Morgan fingerprint density at radius 3 is 1.72 bits per heavy atom. The van der Waals surface area contributed by atoms with Gasteiger partial charge < -0.3 is 34.3 Å². The highest BCUT2D eigenvalue weighted by Gasteiger charge is 2.48. The van der Waals surface area contributed by atoms with E-state index in [0.29, 0.717) is 13.0 Å². The Bertz CT molecular complexity index is 1050. The van der Waals surface area contributed by atoms with Crippen LogP contribution in [0.25, 0.3) is 0 Å². The van der Waals surface area contributed by atoms with Crippen LogP contribution in [-0.4, -0.2) is 97.5 Å². The summed E-state index contributed by atoms with van der Waals surface area (Å²) in [4.78, 5) is 12.8. The summed E-state index contributed by atoms with van der Waals surface area (Å²) in [6, 6.07) is 0. The minimum atomic E-state index is -5.06. The Morgan fingerprint density at radius 2 is 1.19 bits per heavy atom. The van der Waals surface area contributed by atoms with Gasteiger partial charge >= 0.3 is 16.4 Å². The average Bonchev–Trinajstić information content (AvgIpc) is 3.14. The van der Waals surface area contributed by atoms with Crippen LogP contribution < -0.4 is 0 Å². The zero-order valence-electron chi connectivity index (χ0n) is 33.5. The first-order valence-corrected chi connectivity index (χ1v) is 22.5. The molecule has 0 saturated carbocycles. The van der Waals surface area contributed by atoms with Gasteiger partial charge in [0.1, 0.15) is 30.5 Å². The normalized spacial score (nSPS) is 21.3. The van der Waals surface area contributed by atoms with Crippen LogP contribution >= 0.6 is 0 Å². The summed E-state index contributed by atoms with van der Waals surface area (Å²) in [6.45, 7) is 3.92. The quantitative estimate of drug-likeness (QED) is 0.0208. The zero-order chi connectivity index (χ0) is 39.7. The van der Waals surface area contributed by atoms with E-state index in [1.807, 2.05) is 0 Å². The van der Waals surface area contributed by atoms with Gasteiger partial charge in [0, 0.05) is 13.0 Å². The third kappa shape index (κ3) is 27.2. The zero-order valence-corrected chi connectivity index (χ0v) is 34.4. The highest BCUT2D eigenvalue weighted by molar-refractivity contribution is 7.80. The highest BCUT2D eigenvalue weighted by Crippen LogP contribution is 2.26. The van der Waals surface area contributed by atoms with Gasteiger partial charge in [0.25, 0.3) is 0 Å². The monoisotopic (exact) mass is 793 g/mol. The van der Waals surface area contributed by atoms with Crippen LogP contribution in [0.1, 0.15) is 168 Å². The van der Waals surface area contributed by atoms with Crippen LogP contribution in [0.15, 0.2) is 24.3 Å². The number of carbonyl (C=O) groups is 1. The van der Waals surface area contributed by atoms with Crippen molar-refractivity contribution in [2.75, 3.05) is 26.4 Å². The lowest BCUT2D eigenvalue weighted by Gasteiger charge is -2.41. The molecule has 0 radical (unpaired) electrons. The first kappa shape index (κ1) is 50.6. The molecule has 0 spiro atoms. The molecular formula is C41H76O12S. The number of allylic oxidation sites excluding steroid dienone is 4. The maximum Gasteiger partial charge on any atom is 0.397 e. The summed E-state index contributed by atoms with van der Waals surface area (Å²) in [5.41, 5.74) is 0. The van der Waals surface area contributed by atoms with Crippen molar-refractivity contribution in [3.63, 3.8) is 0 Å². The van der Waals surface area contributed by atoms with Crippen LogP contribution in [0, 0.1) is 0 Å². The topological polar surface area (TPSA) is 178 Å². The molecule has 0 aromatic carbocycles. The van der Waals surface area contributed by atoms with Gasteiger partial charge in [0.15, 0.2) is 6.29 Å². The lowest BCUT2D eigenvalue weighted by atomic mass is 9.99. The second-order valence-corrected chi connectivity index (χ2v) is 15.6. The number of hydrogen-bond donors (Lipinski definition) is 4. The van der Waals surface area contributed by atoms with E-state index in [2.05, 4.69) is 42.3 Å². The molecule has 1 rings (SSSR count). The van der Waals surface area contributed by atoms with Crippen LogP contribution in [0.5, 0.6) is 0 Å². The van der Waals surface area contributed by atoms with E-state index < -0.39 is 59.8 Å². The van der Waals surface area contributed by atoms with Crippen molar-refractivity contribution in [2.24, 2.45) is 0 Å². The lowest BCUT2D eigenvalue weighted by molar-refractivity contribution is -0.301. The lowest BCUT2D eigenvalue weighted by Crippen LogP contribution is -2.60. The van der Waals surface area contributed by atoms with Gasteiger partial charge in [-0.15, -0.1) is 0 Å². The Hall–Kier alpha value is -1.42. The van der Waals surface area contributed by atoms with Gasteiger partial charge in [-0.3, -0.25) is 9.35 Å². The highest BCUT2D eigenvalue weighted by atomic mass is 32.3. The first-order chi connectivity index (χ1) is 26.1. The average molecular weight is 793 g/mol. The van der Waals surface area contributed by atoms with Crippen LogP contribution in [0.3, 0.4) is 0 Å². The third-order valence-corrected chi connectivity index (χ3v) is 10.0. The maximum atomic E-state index is 12.8. The maximum absolute atomic E-state index is 12.8. The molecule has 1 aliphatic heterocycles. The number of hydrogen-bond acceptors (Lipinski definition) is 11. The standard InChI is InChI=1S/C41H76O12S/c1-3-5-7-9-11-13-15-17-18-19-20-22-24-26-28-30-37(43)51-35(33-49-31-29-27-25-23-21-16-14-12-10-8-6-4-2)34-50-41-39(45)40(53-54(46,47)48)38(44)36(32-42)52-41/h10,12,17-18,35-36,38-42,44-45H,3-9,11,13-16,19-34H2,1-2H3,(H,46,47,48)/b12-10-,18-17-. The second-order valence-electron chi connectivity index (χ2n) is 14.6. The van der Waals surface area contributed by atoms with Crippen LogP contribution in [-0.2, 0) is 38.3 Å². The SMILES string of the molecule is CCCC/C=C\CCCCCCCCOCC(COC1OC(CO)C(O)C(OS(=O)(=O)O)C1O)OC(=O)CCCCCCC/C=C\CCCCCCCC. The number of carbonyl (C=O) groups excluding carboxylic acids is 1. The van der Waals surface area contributed by atoms with Crippen molar-refractivity contribution in [3.05, 3.63) is 24.3 Å².